The molecule has 4 heteroatoms. The zero-order valence-electron chi connectivity index (χ0n) is 13.0. The van der Waals surface area contributed by atoms with Gasteiger partial charge in [-0.15, -0.1) is 0 Å². The Labute approximate surface area is 142 Å². The van der Waals surface area contributed by atoms with E-state index in [-0.39, 0.29) is 11.3 Å². The van der Waals surface area contributed by atoms with Gasteiger partial charge in [-0.2, -0.15) is 0 Å². The molecule has 4 rings (SSSR count). The molecule has 0 spiro atoms. The average molecular weight is 335 g/mol. The molecule has 0 N–H and O–H groups in total. The molecule has 0 fully saturated rings. The molecule has 0 aliphatic heterocycles. The molecular weight excluding hydrogens is 323 g/mol. The van der Waals surface area contributed by atoms with E-state index in [0.29, 0.717) is 11.6 Å². The normalized spacial score (nSPS) is 11.0. The lowest BCUT2D eigenvalue weighted by Gasteiger charge is -2.11. The van der Waals surface area contributed by atoms with Crippen molar-refractivity contribution in [3.05, 3.63) is 90.2 Å². The quantitative estimate of drug-likeness (QED) is 0.410. The molecule has 0 aliphatic rings. The van der Waals surface area contributed by atoms with Gasteiger partial charge in [0, 0.05) is 17.0 Å². The summed E-state index contributed by atoms with van der Waals surface area (Å²) in [5.74, 6) is -3.17. The van der Waals surface area contributed by atoms with Crippen LogP contribution < -0.4 is 0 Å². The maximum atomic E-state index is 14.2. The Morgan fingerprint density at radius 2 is 1.28 bits per heavy atom. The van der Waals surface area contributed by atoms with Gasteiger partial charge in [0.1, 0.15) is 5.82 Å². The summed E-state index contributed by atoms with van der Waals surface area (Å²) < 4.78 is 41.1. The van der Waals surface area contributed by atoms with E-state index in [1.807, 2.05) is 54.6 Å². The van der Waals surface area contributed by atoms with Crippen LogP contribution >= 0.6 is 0 Å². The molecule has 0 unspecified atom stereocenters. The molecular formula is C21H12F3N. The Bertz CT molecular complexity index is 1080. The predicted octanol–water partition coefficient (Wildman–Crippen LogP) is 5.99. The summed E-state index contributed by atoms with van der Waals surface area (Å²) in [5.41, 5.74) is 2.63. The van der Waals surface area contributed by atoms with Crippen LogP contribution in [0.5, 0.6) is 0 Å². The van der Waals surface area contributed by atoms with E-state index >= 15 is 0 Å². The van der Waals surface area contributed by atoms with Gasteiger partial charge in [-0.05, 0) is 29.3 Å². The second-order valence-corrected chi connectivity index (χ2v) is 5.68. The number of aromatic nitrogens is 1. The number of pyridine rings is 1. The van der Waals surface area contributed by atoms with E-state index in [4.69, 9.17) is 0 Å². The van der Waals surface area contributed by atoms with Gasteiger partial charge in [-0.25, -0.2) is 18.2 Å². The van der Waals surface area contributed by atoms with E-state index < -0.39 is 17.5 Å². The number of hydrogen-bond acceptors (Lipinski definition) is 1. The maximum Gasteiger partial charge on any atom is 0.161 e. The van der Waals surface area contributed by atoms with Crippen LogP contribution in [0.25, 0.3) is 33.3 Å². The number of para-hydroxylation sites is 1. The standard InChI is InChI=1S/C21H12F3N/c22-17-12-19(24)18(23)10-16(17)21-11-15(13-6-2-1-3-7-13)14-8-4-5-9-20(14)25-21/h1-12H. The number of hydrogen-bond donors (Lipinski definition) is 0. The van der Waals surface area contributed by atoms with Crippen molar-refractivity contribution in [3.8, 4) is 22.4 Å². The van der Waals surface area contributed by atoms with E-state index in [1.165, 1.54) is 0 Å². The molecule has 0 atom stereocenters. The molecule has 1 nitrogen and oxygen atoms in total. The molecule has 0 bridgehead atoms. The zero-order valence-corrected chi connectivity index (χ0v) is 13.0. The van der Waals surface area contributed by atoms with Crippen LogP contribution in [-0.2, 0) is 0 Å². The van der Waals surface area contributed by atoms with Crippen molar-refractivity contribution in [3.63, 3.8) is 0 Å². The van der Waals surface area contributed by atoms with Crippen molar-refractivity contribution < 1.29 is 13.2 Å². The lowest BCUT2D eigenvalue weighted by atomic mass is 9.98. The van der Waals surface area contributed by atoms with Crippen LogP contribution in [0.4, 0.5) is 13.2 Å². The minimum atomic E-state index is -1.22. The summed E-state index contributed by atoms with van der Waals surface area (Å²) in [5, 5.41) is 0.903. The summed E-state index contributed by atoms with van der Waals surface area (Å²) >= 11 is 0. The number of fused-ring (bicyclic) bond motifs is 1. The molecule has 1 aromatic heterocycles. The molecule has 0 saturated carbocycles. The average Bonchev–Trinajstić information content (AvgIpc) is 2.64. The lowest BCUT2D eigenvalue weighted by molar-refractivity contribution is 0.496. The Hall–Kier alpha value is -3.14. The number of halogens is 3. The second-order valence-electron chi connectivity index (χ2n) is 5.68. The maximum absolute atomic E-state index is 14.2. The van der Waals surface area contributed by atoms with E-state index in [0.717, 1.165) is 22.6 Å². The Morgan fingerprint density at radius 1 is 0.600 bits per heavy atom. The van der Waals surface area contributed by atoms with Crippen molar-refractivity contribution in [2.24, 2.45) is 0 Å². The second kappa shape index (κ2) is 6.06. The highest BCUT2D eigenvalue weighted by atomic mass is 19.2. The third-order valence-corrected chi connectivity index (χ3v) is 4.09. The van der Waals surface area contributed by atoms with Crippen LogP contribution in [0.2, 0.25) is 0 Å². The van der Waals surface area contributed by atoms with Gasteiger partial charge in [-0.3, -0.25) is 0 Å². The summed E-state index contributed by atoms with van der Waals surface area (Å²) in [7, 11) is 0. The first kappa shape index (κ1) is 15.4. The summed E-state index contributed by atoms with van der Waals surface area (Å²) in [6.07, 6.45) is 0. The smallest absolute Gasteiger partial charge is 0.161 e. The van der Waals surface area contributed by atoms with Gasteiger partial charge in [0.05, 0.1) is 11.2 Å². The number of rotatable bonds is 2. The van der Waals surface area contributed by atoms with Crippen LogP contribution in [0.3, 0.4) is 0 Å². The highest BCUT2D eigenvalue weighted by Gasteiger charge is 2.15. The van der Waals surface area contributed by atoms with Gasteiger partial charge in [0.25, 0.3) is 0 Å². The minimum absolute atomic E-state index is 0.0677. The highest BCUT2D eigenvalue weighted by Crippen LogP contribution is 2.33. The van der Waals surface area contributed by atoms with Gasteiger partial charge in [0.2, 0.25) is 0 Å². The topological polar surface area (TPSA) is 12.9 Å². The Balaban J connectivity index is 2.02. The van der Waals surface area contributed by atoms with Crippen LogP contribution in [0, 0.1) is 17.5 Å². The summed E-state index contributed by atoms with van der Waals surface area (Å²) in [6.45, 7) is 0. The molecule has 0 amide bonds. The number of nitrogens with zero attached hydrogens (tertiary/aromatic N) is 1. The van der Waals surface area contributed by atoms with Crippen molar-refractivity contribution >= 4 is 10.9 Å². The molecule has 25 heavy (non-hydrogen) atoms. The van der Waals surface area contributed by atoms with Gasteiger partial charge < -0.3 is 0 Å². The largest absolute Gasteiger partial charge is 0.248 e. The molecule has 0 radical (unpaired) electrons. The fraction of sp³-hybridized carbons (Fsp3) is 0. The molecule has 0 aliphatic carbocycles. The first-order chi connectivity index (χ1) is 12.1. The molecule has 3 aromatic carbocycles. The zero-order chi connectivity index (χ0) is 17.4. The van der Waals surface area contributed by atoms with Crippen LogP contribution in [0.1, 0.15) is 0 Å². The molecule has 122 valence electrons. The third kappa shape index (κ3) is 2.76. The Morgan fingerprint density at radius 3 is 2.08 bits per heavy atom. The van der Waals surface area contributed by atoms with Crippen molar-refractivity contribution in [2.45, 2.75) is 0 Å². The third-order valence-electron chi connectivity index (χ3n) is 4.09. The van der Waals surface area contributed by atoms with Crippen LogP contribution in [-0.4, -0.2) is 4.98 Å². The number of benzene rings is 3. The fourth-order valence-electron chi connectivity index (χ4n) is 2.89. The van der Waals surface area contributed by atoms with Gasteiger partial charge in [-0.1, -0.05) is 48.5 Å². The van der Waals surface area contributed by atoms with Crippen molar-refractivity contribution in [1.29, 1.82) is 0 Å². The summed E-state index contributed by atoms with van der Waals surface area (Å²) in [6, 6.07) is 20.1. The Kier molecular flexibility index (Phi) is 3.73. The van der Waals surface area contributed by atoms with Crippen molar-refractivity contribution in [2.75, 3.05) is 0 Å². The predicted molar refractivity (Wildman–Crippen MR) is 92.5 cm³/mol. The SMILES string of the molecule is Fc1cc(F)c(-c2cc(-c3ccccc3)c3ccccc3n2)cc1F. The first-order valence-corrected chi connectivity index (χ1v) is 7.73. The van der Waals surface area contributed by atoms with E-state index in [1.54, 1.807) is 6.07 Å². The molecule has 4 aromatic rings. The monoisotopic (exact) mass is 335 g/mol. The minimum Gasteiger partial charge on any atom is -0.248 e. The fourth-order valence-corrected chi connectivity index (χ4v) is 2.89. The van der Waals surface area contributed by atoms with Gasteiger partial charge >= 0.3 is 0 Å². The van der Waals surface area contributed by atoms with Crippen LogP contribution in [0.15, 0.2) is 72.8 Å². The van der Waals surface area contributed by atoms with Crippen molar-refractivity contribution in [1.82, 2.24) is 4.98 Å². The summed E-state index contributed by atoms with van der Waals surface area (Å²) in [4.78, 5) is 4.43. The highest BCUT2D eigenvalue weighted by molar-refractivity contribution is 5.96. The molecule has 0 saturated heterocycles. The lowest BCUT2D eigenvalue weighted by Crippen LogP contribution is -1.95. The molecule has 1 heterocycles. The van der Waals surface area contributed by atoms with E-state index in [9.17, 15) is 13.2 Å². The van der Waals surface area contributed by atoms with Gasteiger partial charge in [0.15, 0.2) is 11.6 Å². The van der Waals surface area contributed by atoms with E-state index in [2.05, 4.69) is 4.98 Å². The first-order valence-electron chi connectivity index (χ1n) is 7.73.